The van der Waals surface area contributed by atoms with Gasteiger partial charge in [0, 0.05) is 23.8 Å². The third-order valence-corrected chi connectivity index (χ3v) is 6.77. The molecule has 2 bridgehead atoms. The van der Waals surface area contributed by atoms with E-state index in [0.717, 1.165) is 35.0 Å². The molecule has 0 saturated heterocycles. The lowest BCUT2D eigenvalue weighted by Gasteiger charge is -2.62. The van der Waals surface area contributed by atoms with Crippen LogP contribution in [-0.4, -0.2) is 28.6 Å². The van der Waals surface area contributed by atoms with Crippen LogP contribution in [0.25, 0.3) is 11.0 Å². The van der Waals surface area contributed by atoms with Gasteiger partial charge in [0.25, 0.3) is 0 Å². The highest BCUT2D eigenvalue weighted by Crippen LogP contribution is 2.61. The number of carbonyl (C=O) groups is 1. The van der Waals surface area contributed by atoms with Crippen molar-refractivity contribution in [2.24, 2.45) is 23.2 Å². The standard InChI is InChI=1S/C20H27N3O2/c1-5-25-19(24)14-10-22-18-13(6-7-21-18)17(14)23-16-9-12-8-15(11(16)2)20(12,3)4/h6-7,10-12,15-16H,5,8-9H2,1-4H3,(H2,21,22,23)/t11-,12+,15-,16-/m1/s1. The second kappa shape index (κ2) is 5.75. The second-order valence-electron chi connectivity index (χ2n) is 8.21. The predicted molar refractivity (Wildman–Crippen MR) is 98.6 cm³/mol. The van der Waals surface area contributed by atoms with Crippen LogP contribution in [0.5, 0.6) is 0 Å². The van der Waals surface area contributed by atoms with E-state index in [1.165, 1.54) is 6.42 Å². The van der Waals surface area contributed by atoms with Crippen molar-refractivity contribution in [2.45, 2.75) is 46.6 Å². The summed E-state index contributed by atoms with van der Waals surface area (Å²) in [5.74, 6) is 1.78. The van der Waals surface area contributed by atoms with Gasteiger partial charge in [-0.15, -0.1) is 0 Å². The van der Waals surface area contributed by atoms with E-state index in [1.54, 1.807) is 6.20 Å². The lowest BCUT2D eigenvalue weighted by Crippen LogP contribution is -2.58. The first-order valence-corrected chi connectivity index (χ1v) is 9.33. The Morgan fingerprint density at radius 3 is 2.92 bits per heavy atom. The molecule has 0 aromatic carbocycles. The minimum Gasteiger partial charge on any atom is -0.462 e. The van der Waals surface area contributed by atoms with Gasteiger partial charge in [-0.05, 0) is 49.0 Å². The quantitative estimate of drug-likeness (QED) is 0.817. The summed E-state index contributed by atoms with van der Waals surface area (Å²) in [5, 5.41) is 4.66. The molecular formula is C20H27N3O2. The van der Waals surface area contributed by atoms with Crippen LogP contribution in [0.4, 0.5) is 5.69 Å². The minimum absolute atomic E-state index is 0.311. The second-order valence-corrected chi connectivity index (χ2v) is 8.21. The summed E-state index contributed by atoms with van der Waals surface area (Å²) in [6, 6.07) is 2.36. The Morgan fingerprint density at radius 2 is 2.24 bits per heavy atom. The number of carbonyl (C=O) groups excluding carboxylic acids is 1. The summed E-state index contributed by atoms with van der Waals surface area (Å²) in [5.41, 5.74) is 2.63. The van der Waals surface area contributed by atoms with Crippen LogP contribution >= 0.6 is 0 Å². The molecular weight excluding hydrogens is 314 g/mol. The number of nitrogens with one attached hydrogen (secondary N) is 2. The van der Waals surface area contributed by atoms with Crippen molar-refractivity contribution in [3.05, 3.63) is 24.0 Å². The molecule has 4 atom stereocenters. The molecule has 0 unspecified atom stereocenters. The van der Waals surface area contributed by atoms with Crippen molar-refractivity contribution in [2.75, 3.05) is 11.9 Å². The van der Waals surface area contributed by atoms with E-state index >= 15 is 0 Å². The summed E-state index contributed by atoms with van der Waals surface area (Å²) in [7, 11) is 0. The summed E-state index contributed by atoms with van der Waals surface area (Å²) in [6.45, 7) is 9.34. The van der Waals surface area contributed by atoms with Gasteiger partial charge in [0.2, 0.25) is 0 Å². The SMILES string of the molecule is CCOC(=O)c1cnc2[nH]ccc2c1N[C@@H]1C[C@@H]2C[C@H]([C@H]1C)C2(C)C. The van der Waals surface area contributed by atoms with Gasteiger partial charge in [-0.2, -0.15) is 0 Å². The van der Waals surface area contributed by atoms with E-state index < -0.39 is 0 Å². The van der Waals surface area contributed by atoms with Crippen molar-refractivity contribution >= 4 is 22.7 Å². The van der Waals surface area contributed by atoms with Gasteiger partial charge >= 0.3 is 5.97 Å². The molecule has 2 aromatic rings. The highest BCUT2D eigenvalue weighted by molar-refractivity contribution is 6.04. The first-order chi connectivity index (χ1) is 11.9. The number of pyridine rings is 1. The number of ether oxygens (including phenoxy) is 1. The van der Waals surface area contributed by atoms with Crippen LogP contribution in [0.3, 0.4) is 0 Å². The smallest absolute Gasteiger partial charge is 0.341 e. The molecule has 5 heteroatoms. The average Bonchev–Trinajstić information content (AvgIpc) is 3.05. The Morgan fingerprint density at radius 1 is 1.44 bits per heavy atom. The van der Waals surface area contributed by atoms with E-state index in [9.17, 15) is 4.79 Å². The Balaban J connectivity index is 1.68. The molecule has 134 valence electrons. The van der Waals surface area contributed by atoms with Crippen LogP contribution in [0, 0.1) is 23.2 Å². The van der Waals surface area contributed by atoms with E-state index in [0.29, 0.717) is 29.5 Å². The zero-order valence-electron chi connectivity index (χ0n) is 15.4. The molecule has 2 N–H and O–H groups in total. The highest BCUT2D eigenvalue weighted by Gasteiger charge is 2.56. The van der Waals surface area contributed by atoms with E-state index in [4.69, 9.17) is 4.74 Å². The van der Waals surface area contributed by atoms with Gasteiger partial charge in [0.15, 0.2) is 0 Å². The number of hydrogen-bond acceptors (Lipinski definition) is 4. The largest absolute Gasteiger partial charge is 0.462 e. The monoisotopic (exact) mass is 341 g/mol. The number of rotatable bonds is 4. The van der Waals surface area contributed by atoms with Crippen LogP contribution in [0.1, 0.15) is 50.9 Å². The first kappa shape index (κ1) is 16.4. The zero-order valence-corrected chi connectivity index (χ0v) is 15.4. The zero-order chi connectivity index (χ0) is 17.8. The van der Waals surface area contributed by atoms with Crippen molar-refractivity contribution in [3.8, 4) is 0 Å². The van der Waals surface area contributed by atoms with Gasteiger partial charge in [0.1, 0.15) is 11.2 Å². The Kier molecular flexibility index (Phi) is 3.78. The number of esters is 1. The lowest BCUT2D eigenvalue weighted by atomic mass is 9.45. The van der Waals surface area contributed by atoms with Gasteiger partial charge in [-0.1, -0.05) is 20.8 Å². The maximum atomic E-state index is 12.4. The molecule has 3 aliphatic carbocycles. The molecule has 2 aromatic heterocycles. The van der Waals surface area contributed by atoms with E-state index in [-0.39, 0.29) is 5.97 Å². The number of aromatic amines is 1. The van der Waals surface area contributed by atoms with Gasteiger partial charge < -0.3 is 15.0 Å². The molecule has 25 heavy (non-hydrogen) atoms. The fraction of sp³-hybridized carbons (Fsp3) is 0.600. The van der Waals surface area contributed by atoms with Crippen LogP contribution in [0.15, 0.2) is 18.5 Å². The molecule has 5 rings (SSSR count). The van der Waals surface area contributed by atoms with Crippen molar-refractivity contribution in [1.82, 2.24) is 9.97 Å². The topological polar surface area (TPSA) is 67.0 Å². The number of anilines is 1. The molecule has 3 fully saturated rings. The van der Waals surface area contributed by atoms with Crippen LogP contribution in [0.2, 0.25) is 0 Å². The highest BCUT2D eigenvalue weighted by atomic mass is 16.5. The average molecular weight is 341 g/mol. The third-order valence-electron chi connectivity index (χ3n) is 6.77. The molecule has 0 amide bonds. The van der Waals surface area contributed by atoms with E-state index in [2.05, 4.69) is 36.1 Å². The van der Waals surface area contributed by atoms with Crippen LogP contribution in [-0.2, 0) is 4.74 Å². The number of aromatic nitrogens is 2. The molecule has 0 spiro atoms. The van der Waals surface area contributed by atoms with Crippen molar-refractivity contribution in [1.29, 1.82) is 0 Å². The Bertz CT molecular complexity index is 810. The minimum atomic E-state index is -0.311. The first-order valence-electron chi connectivity index (χ1n) is 9.33. The summed E-state index contributed by atoms with van der Waals surface area (Å²) < 4.78 is 5.24. The predicted octanol–water partition coefficient (Wildman–Crippen LogP) is 4.22. The molecule has 0 radical (unpaired) electrons. The maximum absolute atomic E-state index is 12.4. The number of fused-ring (bicyclic) bond motifs is 3. The van der Waals surface area contributed by atoms with Gasteiger partial charge in [0.05, 0.1) is 12.3 Å². The molecule has 3 aliphatic rings. The molecule has 0 aliphatic heterocycles. The Labute approximate surface area is 148 Å². The molecule has 2 heterocycles. The van der Waals surface area contributed by atoms with Gasteiger partial charge in [-0.25, -0.2) is 9.78 Å². The fourth-order valence-electron chi connectivity index (χ4n) is 5.05. The molecule has 3 saturated carbocycles. The van der Waals surface area contributed by atoms with Gasteiger partial charge in [-0.3, -0.25) is 0 Å². The van der Waals surface area contributed by atoms with E-state index in [1.807, 2.05) is 19.2 Å². The van der Waals surface area contributed by atoms with Crippen molar-refractivity contribution < 1.29 is 9.53 Å². The molecule has 5 nitrogen and oxygen atoms in total. The third kappa shape index (κ3) is 2.43. The summed E-state index contributed by atoms with van der Waals surface area (Å²) in [6.07, 6.45) is 5.98. The summed E-state index contributed by atoms with van der Waals surface area (Å²) in [4.78, 5) is 19.9. The fourth-order valence-corrected chi connectivity index (χ4v) is 5.05. The van der Waals surface area contributed by atoms with Crippen molar-refractivity contribution in [3.63, 3.8) is 0 Å². The Hall–Kier alpha value is -2.04. The maximum Gasteiger partial charge on any atom is 0.341 e. The number of hydrogen-bond donors (Lipinski definition) is 2. The summed E-state index contributed by atoms with van der Waals surface area (Å²) >= 11 is 0. The van der Waals surface area contributed by atoms with Crippen LogP contribution < -0.4 is 5.32 Å². The number of nitrogens with zero attached hydrogens (tertiary/aromatic N) is 1. The normalized spacial score (nSPS) is 29.9. The lowest BCUT2D eigenvalue weighted by molar-refractivity contribution is -0.105. The number of H-pyrrole nitrogens is 1.